The maximum Gasteiger partial charge on any atom is 0.357 e. The van der Waals surface area contributed by atoms with Gasteiger partial charge in [-0.1, -0.05) is 6.08 Å². The van der Waals surface area contributed by atoms with E-state index in [4.69, 9.17) is 4.74 Å². The van der Waals surface area contributed by atoms with Crippen LogP contribution in [0.15, 0.2) is 30.7 Å². The summed E-state index contributed by atoms with van der Waals surface area (Å²) in [6, 6.07) is 3.44. The van der Waals surface area contributed by atoms with Crippen LogP contribution in [0.4, 0.5) is 5.69 Å². The number of nitrogens with one attached hydrogen (secondary N) is 2. The van der Waals surface area contributed by atoms with Gasteiger partial charge in [0.15, 0.2) is 0 Å². The largest absolute Gasteiger partial charge is 0.494 e. The van der Waals surface area contributed by atoms with Crippen LogP contribution >= 0.6 is 31.9 Å². The topological polar surface area (TPSA) is 118 Å². The fourth-order valence-corrected chi connectivity index (χ4v) is 3.40. The van der Waals surface area contributed by atoms with Gasteiger partial charge in [-0.25, -0.2) is 4.79 Å². The average molecular weight is 447 g/mol. The van der Waals surface area contributed by atoms with Gasteiger partial charge < -0.3 is 9.72 Å². The Bertz CT molecular complexity index is 894. The molecule has 0 amide bonds. The molecule has 8 nitrogen and oxygen atoms in total. The molecule has 0 aliphatic rings. The van der Waals surface area contributed by atoms with Crippen molar-refractivity contribution in [3.8, 4) is 5.75 Å². The van der Waals surface area contributed by atoms with E-state index in [1.807, 2.05) is 4.98 Å². The van der Waals surface area contributed by atoms with Crippen molar-refractivity contribution in [2.75, 3.05) is 7.11 Å². The molecular weight excluding hydrogens is 438 g/mol. The monoisotopic (exact) mass is 445 g/mol. The van der Waals surface area contributed by atoms with Crippen LogP contribution in [0.1, 0.15) is 11.3 Å². The zero-order chi connectivity index (χ0) is 17.1. The predicted octanol–water partition coefficient (Wildman–Crippen LogP) is 2.68. The Morgan fingerprint density at radius 2 is 1.78 bits per heavy atom. The molecule has 1 heterocycles. The van der Waals surface area contributed by atoms with E-state index in [0.717, 1.165) is 0 Å². The number of halogens is 2. The Hall–Kier alpha value is -2.20. The lowest BCUT2D eigenvalue weighted by atomic mass is 10.2. The molecule has 0 aliphatic carbocycles. The molecule has 120 valence electrons. The highest BCUT2D eigenvalue weighted by atomic mass is 79.9. The van der Waals surface area contributed by atoms with Crippen LogP contribution < -0.4 is 16.0 Å². The van der Waals surface area contributed by atoms with Crippen molar-refractivity contribution in [3.63, 3.8) is 0 Å². The number of aromatic amines is 2. The molecule has 23 heavy (non-hydrogen) atoms. The van der Waals surface area contributed by atoms with Crippen molar-refractivity contribution in [1.82, 2.24) is 9.97 Å². The first-order valence-electron chi connectivity index (χ1n) is 6.05. The molecule has 2 N–H and O–H groups in total. The zero-order valence-corrected chi connectivity index (χ0v) is 14.7. The van der Waals surface area contributed by atoms with Crippen LogP contribution in [0.5, 0.6) is 5.75 Å². The molecule has 0 unspecified atom stereocenters. The Morgan fingerprint density at radius 3 is 2.30 bits per heavy atom. The minimum atomic E-state index is -1.06. The summed E-state index contributed by atoms with van der Waals surface area (Å²) in [6.07, 6.45) is 2.81. The van der Waals surface area contributed by atoms with Gasteiger partial charge in [-0.05, 0) is 55.6 Å². The summed E-state index contributed by atoms with van der Waals surface area (Å²) in [5.74, 6) is 0.595. The van der Waals surface area contributed by atoms with Gasteiger partial charge in [0.2, 0.25) is 0 Å². The van der Waals surface area contributed by atoms with Gasteiger partial charge >= 0.3 is 16.9 Å². The number of nitro groups is 1. The van der Waals surface area contributed by atoms with E-state index in [1.54, 1.807) is 12.1 Å². The first-order valence-corrected chi connectivity index (χ1v) is 7.64. The number of aromatic nitrogens is 2. The maximum absolute atomic E-state index is 11.5. The van der Waals surface area contributed by atoms with Crippen molar-refractivity contribution in [3.05, 3.63) is 63.3 Å². The summed E-state index contributed by atoms with van der Waals surface area (Å²) in [7, 11) is 1.52. The fourth-order valence-electron chi connectivity index (χ4n) is 1.85. The van der Waals surface area contributed by atoms with E-state index in [1.165, 1.54) is 19.3 Å². The Labute approximate surface area is 145 Å². The third kappa shape index (κ3) is 3.77. The Balaban J connectivity index is 2.51. The van der Waals surface area contributed by atoms with E-state index < -0.39 is 21.9 Å². The number of methoxy groups -OCH3 is 1. The van der Waals surface area contributed by atoms with E-state index in [-0.39, 0.29) is 5.69 Å². The standard InChI is InChI=1S/C13H9Br2N3O5/c1-23-11-7(14)4-6(5-8(11)15)2-3-9-10(18(21)22)12(19)17-13(20)16-9/h2-5H,1H3,(H2,16,17,19,20)/b3-2+. The molecule has 0 aliphatic heterocycles. The predicted molar refractivity (Wildman–Crippen MR) is 91.7 cm³/mol. The van der Waals surface area contributed by atoms with Crippen molar-refractivity contribution in [2.24, 2.45) is 0 Å². The van der Waals surface area contributed by atoms with E-state index in [2.05, 4.69) is 36.8 Å². The zero-order valence-electron chi connectivity index (χ0n) is 11.6. The average Bonchev–Trinajstić information content (AvgIpc) is 2.43. The first-order chi connectivity index (χ1) is 10.8. The molecule has 0 atom stereocenters. The quantitative estimate of drug-likeness (QED) is 0.552. The summed E-state index contributed by atoms with van der Waals surface area (Å²) in [5.41, 5.74) is -2.13. The molecule has 0 saturated carbocycles. The van der Waals surface area contributed by atoms with Crippen LogP contribution in [0.2, 0.25) is 0 Å². The molecule has 0 spiro atoms. The van der Waals surface area contributed by atoms with E-state index in [9.17, 15) is 19.7 Å². The third-order valence-electron chi connectivity index (χ3n) is 2.80. The fraction of sp³-hybridized carbons (Fsp3) is 0.0769. The smallest absolute Gasteiger partial charge is 0.357 e. The number of nitrogens with zero attached hydrogens (tertiary/aromatic N) is 1. The maximum atomic E-state index is 11.5. The minimum Gasteiger partial charge on any atom is -0.494 e. The lowest BCUT2D eigenvalue weighted by molar-refractivity contribution is -0.386. The summed E-state index contributed by atoms with van der Waals surface area (Å²) >= 11 is 6.67. The van der Waals surface area contributed by atoms with Crippen molar-refractivity contribution in [1.29, 1.82) is 0 Å². The highest BCUT2D eigenvalue weighted by molar-refractivity contribution is 9.11. The molecule has 0 saturated heterocycles. The number of hydrogen-bond donors (Lipinski definition) is 2. The minimum absolute atomic E-state index is 0.188. The van der Waals surface area contributed by atoms with Crippen LogP contribution in [0, 0.1) is 10.1 Å². The van der Waals surface area contributed by atoms with Gasteiger partial charge in [0, 0.05) is 0 Å². The molecule has 2 aromatic rings. The molecule has 2 rings (SSSR count). The van der Waals surface area contributed by atoms with Crippen LogP contribution in [-0.2, 0) is 0 Å². The lowest BCUT2D eigenvalue weighted by Gasteiger charge is -2.07. The Kier molecular flexibility index (Phi) is 5.16. The van der Waals surface area contributed by atoms with Crippen LogP contribution in [-0.4, -0.2) is 22.0 Å². The summed E-state index contributed by atoms with van der Waals surface area (Å²) < 4.78 is 6.51. The second-order valence-corrected chi connectivity index (χ2v) is 5.99. The van der Waals surface area contributed by atoms with Gasteiger partial charge in [-0.3, -0.25) is 19.9 Å². The van der Waals surface area contributed by atoms with Gasteiger partial charge in [-0.2, -0.15) is 0 Å². The number of rotatable bonds is 4. The molecule has 0 bridgehead atoms. The number of H-pyrrole nitrogens is 2. The Morgan fingerprint density at radius 1 is 1.17 bits per heavy atom. The third-order valence-corrected chi connectivity index (χ3v) is 3.97. The second-order valence-electron chi connectivity index (χ2n) is 4.28. The highest BCUT2D eigenvalue weighted by Crippen LogP contribution is 2.34. The van der Waals surface area contributed by atoms with Gasteiger partial charge in [0.1, 0.15) is 11.4 Å². The van der Waals surface area contributed by atoms with Crippen LogP contribution in [0.25, 0.3) is 12.2 Å². The number of benzene rings is 1. The first kappa shape index (κ1) is 17.2. The van der Waals surface area contributed by atoms with Crippen molar-refractivity contribution in [2.45, 2.75) is 0 Å². The number of hydrogen-bond acceptors (Lipinski definition) is 5. The van der Waals surface area contributed by atoms with Gasteiger partial charge in [0.25, 0.3) is 0 Å². The van der Waals surface area contributed by atoms with Crippen molar-refractivity contribution < 1.29 is 9.66 Å². The molecule has 1 aromatic heterocycles. The highest BCUT2D eigenvalue weighted by Gasteiger charge is 2.18. The summed E-state index contributed by atoms with van der Waals surface area (Å²) in [6.45, 7) is 0. The molecule has 0 radical (unpaired) electrons. The second kappa shape index (κ2) is 6.92. The van der Waals surface area contributed by atoms with Crippen molar-refractivity contribution >= 4 is 49.7 Å². The van der Waals surface area contributed by atoms with E-state index in [0.29, 0.717) is 20.3 Å². The molecule has 1 aromatic carbocycles. The number of ether oxygens (including phenoxy) is 1. The molecule has 10 heteroatoms. The summed E-state index contributed by atoms with van der Waals surface area (Å²) in [4.78, 5) is 37.0. The van der Waals surface area contributed by atoms with Gasteiger partial charge in [-0.15, -0.1) is 0 Å². The summed E-state index contributed by atoms with van der Waals surface area (Å²) in [5, 5.41) is 11.0. The van der Waals surface area contributed by atoms with Gasteiger partial charge in [0.05, 0.1) is 21.0 Å². The normalized spacial score (nSPS) is 10.9. The SMILES string of the molecule is COc1c(Br)cc(/C=C/c2[nH]c(=O)[nH]c(=O)c2[N+](=O)[O-])cc1Br. The molecular formula is C13H9Br2N3O5. The molecule has 0 fully saturated rings. The van der Waals surface area contributed by atoms with Crippen LogP contribution in [0.3, 0.4) is 0 Å². The lowest BCUT2D eigenvalue weighted by Crippen LogP contribution is -2.25. The van der Waals surface area contributed by atoms with E-state index >= 15 is 0 Å².